The number of para-hydroxylation sites is 1. The van der Waals surface area contributed by atoms with E-state index in [0.29, 0.717) is 55.4 Å². The molecule has 19 heteroatoms. The number of fused-ring (bicyclic) bond motifs is 1. The number of benzene rings is 2. The molecule has 1 aromatic heterocycles. The quantitative estimate of drug-likeness (QED) is 0.106. The number of hydrogen-bond acceptors (Lipinski definition) is 12. The van der Waals surface area contributed by atoms with E-state index >= 15 is 4.39 Å². The second kappa shape index (κ2) is 16.4. The zero-order valence-electron chi connectivity index (χ0n) is 26.9. The van der Waals surface area contributed by atoms with Gasteiger partial charge < -0.3 is 34.0 Å². The molecule has 0 spiro atoms. The number of carboxylic acid groups (broad SMARTS) is 1. The van der Waals surface area contributed by atoms with Gasteiger partial charge in [0.15, 0.2) is 22.3 Å². The average Bonchev–Trinajstić information content (AvgIpc) is 3.88. The van der Waals surface area contributed by atoms with Crippen molar-refractivity contribution < 1.29 is 101 Å². The predicted molar refractivity (Wildman–Crippen MR) is 166 cm³/mol. The summed E-state index contributed by atoms with van der Waals surface area (Å²) in [7, 11) is -5.09. The van der Waals surface area contributed by atoms with E-state index in [-0.39, 0.29) is 74.8 Å². The molecule has 2 aromatic carbocycles. The van der Waals surface area contributed by atoms with E-state index in [4.69, 9.17) is 4.74 Å². The third kappa shape index (κ3) is 8.83. The van der Waals surface area contributed by atoms with Gasteiger partial charge in [0.1, 0.15) is 23.0 Å². The monoisotopic (exact) mass is 733 g/mol. The summed E-state index contributed by atoms with van der Waals surface area (Å²) in [6.07, 6.45) is 2.91. The van der Waals surface area contributed by atoms with Crippen molar-refractivity contribution in [2.24, 2.45) is 0 Å². The Morgan fingerprint density at radius 3 is 2.33 bits per heavy atom. The number of anilines is 1. The van der Waals surface area contributed by atoms with Crippen LogP contribution in [0, 0.1) is 5.82 Å². The molecule has 250 valence electrons. The second-order valence-corrected chi connectivity index (χ2v) is 13.9. The van der Waals surface area contributed by atoms with Gasteiger partial charge in [-0.05, 0) is 37.1 Å². The number of thioether (sulfide) groups is 1. The van der Waals surface area contributed by atoms with Gasteiger partial charge in [-0.1, -0.05) is 18.2 Å². The van der Waals surface area contributed by atoms with E-state index in [0.717, 1.165) is 30.7 Å². The van der Waals surface area contributed by atoms with Gasteiger partial charge in [-0.25, -0.2) is 17.1 Å². The fourth-order valence-electron chi connectivity index (χ4n) is 5.77. The van der Waals surface area contributed by atoms with Gasteiger partial charge in [0.25, 0.3) is 11.8 Å². The van der Waals surface area contributed by atoms with Crippen LogP contribution in [0.2, 0.25) is 0 Å². The third-order valence-corrected chi connectivity index (χ3v) is 10.6. The molecule has 1 aliphatic carbocycles. The summed E-state index contributed by atoms with van der Waals surface area (Å²) in [5.41, 5.74) is -0.542. The van der Waals surface area contributed by atoms with Crippen molar-refractivity contribution >= 4 is 56.4 Å². The molecule has 2 amide bonds. The van der Waals surface area contributed by atoms with Crippen LogP contribution in [0.5, 0.6) is 5.75 Å². The Morgan fingerprint density at radius 2 is 1.71 bits per heavy atom. The number of pyridine rings is 1. The summed E-state index contributed by atoms with van der Waals surface area (Å²) in [5.74, 6) is -3.15. The number of carbonyl (C=O) groups excluding carboxylic acids is 3. The summed E-state index contributed by atoms with van der Waals surface area (Å²) < 4.78 is 57.9. The maximum Gasteiger partial charge on any atom is 1.00 e. The zero-order valence-corrected chi connectivity index (χ0v) is 32.5. The number of aromatic nitrogens is 1. The smallest absolute Gasteiger partial charge is 0.731 e. The Bertz CT molecular complexity index is 1890. The van der Waals surface area contributed by atoms with Gasteiger partial charge in [0, 0.05) is 56.1 Å². The first-order valence-corrected chi connectivity index (χ1v) is 17.3. The zero-order chi connectivity index (χ0) is 33.5. The van der Waals surface area contributed by atoms with E-state index in [9.17, 15) is 37.3 Å². The first-order chi connectivity index (χ1) is 22.4. The fraction of sp³-hybridized carbons (Fsp3) is 0.400. The topological polar surface area (TPSA) is 184 Å². The maximum absolute atomic E-state index is 15.3. The van der Waals surface area contributed by atoms with E-state index < -0.39 is 62.9 Å². The van der Waals surface area contributed by atoms with Crippen LogP contribution in [-0.2, 0) is 19.9 Å². The molecular weight excluding hydrogens is 703 g/mol. The molecule has 3 aromatic rings. The van der Waals surface area contributed by atoms with Crippen molar-refractivity contribution in [1.29, 1.82) is 0 Å². The standard InChI is InChI=1S/C30H32FN5O9S2.2Na/c31-22-14-20-23(35(18-6-7-18)16-21(27(20)38)30(40)41)15-24(22)34-10-8-33(9-11-34)12-13-46-29-26(28(39)36(29)47(42,43)44)32-25(37)17-45-19-4-2-1-3-5-19;;/h1-5,14-16,18,26,29H,6-13,17H2,(H,32,37)(H,40,41)(H,42,43,44);;/q;2*+1/p-2. The van der Waals surface area contributed by atoms with E-state index in [1.165, 1.54) is 6.20 Å². The Balaban J connectivity index is 0.00000270. The van der Waals surface area contributed by atoms with Crippen LogP contribution in [0.1, 0.15) is 29.2 Å². The number of halogens is 1. The van der Waals surface area contributed by atoms with E-state index in [1.807, 2.05) is 4.90 Å². The fourth-order valence-corrected chi connectivity index (χ4v) is 8.20. The minimum absolute atomic E-state index is 0. The van der Waals surface area contributed by atoms with Crippen molar-refractivity contribution in [2.45, 2.75) is 30.3 Å². The average molecular weight is 734 g/mol. The first kappa shape index (κ1) is 39.6. The van der Waals surface area contributed by atoms with Crippen molar-refractivity contribution in [3.63, 3.8) is 0 Å². The summed E-state index contributed by atoms with van der Waals surface area (Å²) in [6.45, 7) is 1.95. The summed E-state index contributed by atoms with van der Waals surface area (Å²) in [5, 5.41) is 12.8. The number of hydrogen-bond donors (Lipinski definition) is 1. The molecule has 2 aliphatic heterocycles. The molecule has 0 bridgehead atoms. The van der Waals surface area contributed by atoms with Crippen LogP contribution < -0.4 is 84.6 Å². The minimum atomic E-state index is -5.09. The molecule has 2 unspecified atom stereocenters. The SMILES string of the molecule is O=C(COc1ccccc1)NC1C(=O)N(S(=O)(=O)[O-])C1SCCN1CCN(c2cc3c(cc2F)c(=O)c(C(=O)[O-])cn3C2CC2)CC1.[Na+].[Na+]. The summed E-state index contributed by atoms with van der Waals surface area (Å²) >= 11 is 1.05. The number of rotatable bonds is 12. The number of nitrogens with zero attached hydrogens (tertiary/aromatic N) is 4. The van der Waals surface area contributed by atoms with Crippen molar-refractivity contribution in [1.82, 2.24) is 19.1 Å². The normalized spacial score (nSPS) is 19.4. The van der Waals surface area contributed by atoms with Gasteiger partial charge >= 0.3 is 59.1 Å². The molecular formula is C30H30FN5Na2O9S2. The molecule has 3 heterocycles. The van der Waals surface area contributed by atoms with Crippen molar-refractivity contribution in [3.8, 4) is 5.75 Å². The van der Waals surface area contributed by atoms with Crippen molar-refractivity contribution in [3.05, 3.63) is 70.3 Å². The van der Waals surface area contributed by atoms with Gasteiger partial charge in [0.2, 0.25) is 0 Å². The number of nitrogens with one attached hydrogen (secondary N) is 1. The van der Waals surface area contributed by atoms with Crippen LogP contribution in [0.4, 0.5) is 10.1 Å². The Labute approximate surface area is 329 Å². The Morgan fingerprint density at radius 1 is 1.04 bits per heavy atom. The number of ether oxygens (including phenoxy) is 1. The van der Waals surface area contributed by atoms with Gasteiger partial charge in [-0.3, -0.25) is 19.3 Å². The molecule has 14 nitrogen and oxygen atoms in total. The second-order valence-electron chi connectivity index (χ2n) is 11.4. The molecule has 0 radical (unpaired) electrons. The number of β-lactam (4-membered cyclic amide) rings is 1. The minimum Gasteiger partial charge on any atom is -0.731 e. The van der Waals surface area contributed by atoms with Gasteiger partial charge in [0.05, 0.1) is 22.7 Å². The maximum atomic E-state index is 15.3. The van der Waals surface area contributed by atoms with Crippen LogP contribution >= 0.6 is 11.8 Å². The third-order valence-electron chi connectivity index (χ3n) is 8.34. The van der Waals surface area contributed by atoms with E-state index in [1.54, 1.807) is 41.0 Å². The summed E-state index contributed by atoms with van der Waals surface area (Å²) in [6, 6.07) is 10.00. The predicted octanol–water partition coefficient (Wildman–Crippen LogP) is -6.11. The number of carboxylic acids is 1. The van der Waals surface area contributed by atoms with Crippen LogP contribution in [0.25, 0.3) is 10.9 Å². The molecule has 6 rings (SSSR count). The van der Waals surface area contributed by atoms with Crippen molar-refractivity contribution in [2.75, 3.05) is 50.0 Å². The number of carbonyl (C=O) groups is 3. The van der Waals surface area contributed by atoms with Crippen LogP contribution in [0.3, 0.4) is 0 Å². The molecule has 49 heavy (non-hydrogen) atoms. The van der Waals surface area contributed by atoms with Gasteiger partial charge in [-0.2, -0.15) is 0 Å². The first-order valence-electron chi connectivity index (χ1n) is 14.9. The van der Waals surface area contributed by atoms with Crippen LogP contribution in [0.15, 0.2) is 53.5 Å². The molecule has 1 saturated carbocycles. The number of aromatic carboxylic acids is 1. The summed E-state index contributed by atoms with van der Waals surface area (Å²) in [4.78, 5) is 53.1. The largest absolute Gasteiger partial charge is 1.00 e. The Kier molecular flexibility index (Phi) is 13.3. The molecule has 2 atom stereocenters. The molecule has 3 fully saturated rings. The van der Waals surface area contributed by atoms with Gasteiger partial charge in [-0.15, -0.1) is 11.8 Å². The molecule has 3 aliphatic rings. The number of amides is 2. The van der Waals surface area contributed by atoms with E-state index in [2.05, 4.69) is 10.2 Å². The van der Waals surface area contributed by atoms with Crippen LogP contribution in [-0.4, -0.2) is 101 Å². The molecule has 1 N–H and O–H groups in total. The molecule has 2 saturated heterocycles. The Hall–Kier alpha value is -2.19. The number of piperazine rings is 1.